The summed E-state index contributed by atoms with van der Waals surface area (Å²) in [6.45, 7) is 9.88. The quantitative estimate of drug-likeness (QED) is 0.515. The van der Waals surface area contributed by atoms with E-state index >= 15 is 0 Å². The van der Waals surface area contributed by atoms with Crippen LogP contribution < -0.4 is 10.8 Å². The summed E-state index contributed by atoms with van der Waals surface area (Å²) in [7, 11) is -0.416. The van der Waals surface area contributed by atoms with Crippen LogP contribution in [0.2, 0.25) is 0 Å². The zero-order chi connectivity index (χ0) is 25.3. The van der Waals surface area contributed by atoms with Gasteiger partial charge in [0.1, 0.15) is 0 Å². The van der Waals surface area contributed by atoms with Crippen LogP contribution in [0.4, 0.5) is 0 Å². The van der Waals surface area contributed by atoms with E-state index in [0.717, 1.165) is 45.1 Å². The Morgan fingerprint density at radius 2 is 1.81 bits per heavy atom. The van der Waals surface area contributed by atoms with Crippen LogP contribution in [0.1, 0.15) is 49.3 Å². The van der Waals surface area contributed by atoms with Gasteiger partial charge in [-0.05, 0) is 74.1 Å². The normalized spacial score (nSPS) is 18.4. The van der Waals surface area contributed by atoms with E-state index in [4.69, 9.17) is 14.0 Å². The molecule has 3 aromatic rings. The van der Waals surface area contributed by atoms with Crippen molar-refractivity contribution in [1.29, 1.82) is 0 Å². The first kappa shape index (κ1) is 25.0. The molecular weight excluding hydrogens is 471 g/mol. The number of carbonyl (C=O) groups excluding carboxylic acids is 1. The molecule has 2 aliphatic rings. The molecule has 186 valence electrons. The monoisotopic (exact) mass is 502 g/mol. The van der Waals surface area contributed by atoms with Crippen LogP contribution in [0.25, 0.3) is 11.1 Å². The molecule has 5 rings (SSSR count). The van der Waals surface area contributed by atoms with Gasteiger partial charge in [-0.15, -0.1) is 11.8 Å². The van der Waals surface area contributed by atoms with Gasteiger partial charge in [0.15, 0.2) is 0 Å². The van der Waals surface area contributed by atoms with Gasteiger partial charge in [-0.2, -0.15) is 0 Å². The van der Waals surface area contributed by atoms with E-state index in [9.17, 15) is 4.79 Å². The zero-order valence-corrected chi connectivity index (χ0v) is 22.0. The number of amides is 1. The van der Waals surface area contributed by atoms with Gasteiger partial charge in [0.2, 0.25) is 0 Å². The Kier molecular flexibility index (Phi) is 6.96. The first-order valence-corrected chi connectivity index (χ1v) is 13.2. The fourth-order valence-corrected chi connectivity index (χ4v) is 5.16. The average molecular weight is 502 g/mol. The van der Waals surface area contributed by atoms with Gasteiger partial charge in [0, 0.05) is 22.4 Å². The third-order valence-electron chi connectivity index (χ3n) is 7.06. The molecule has 2 aromatic carbocycles. The Morgan fingerprint density at radius 1 is 1.03 bits per heavy atom. The van der Waals surface area contributed by atoms with Gasteiger partial charge >= 0.3 is 7.12 Å². The fourth-order valence-electron chi connectivity index (χ4n) is 4.21. The Balaban J connectivity index is 1.28. The first-order valence-electron chi connectivity index (χ1n) is 12.2. The minimum Gasteiger partial charge on any atom is -0.399 e. The van der Waals surface area contributed by atoms with Gasteiger partial charge in [0.05, 0.1) is 36.7 Å². The second kappa shape index (κ2) is 10.0. The van der Waals surface area contributed by atoms with Gasteiger partial charge in [-0.25, -0.2) is 0 Å². The summed E-state index contributed by atoms with van der Waals surface area (Å²) >= 11 is 1.73. The van der Waals surface area contributed by atoms with Crippen LogP contribution >= 0.6 is 11.8 Å². The smallest absolute Gasteiger partial charge is 0.399 e. The largest absolute Gasteiger partial charge is 0.494 e. The molecule has 0 saturated carbocycles. The number of hydrogen-bond acceptors (Lipinski definition) is 6. The summed E-state index contributed by atoms with van der Waals surface area (Å²) in [5.41, 5.74) is 4.83. The summed E-state index contributed by atoms with van der Waals surface area (Å²) < 4.78 is 18.0. The molecule has 0 unspecified atom stereocenters. The Hall–Kier alpha value is -2.65. The number of nitrogens with one attached hydrogen (secondary N) is 1. The molecule has 36 heavy (non-hydrogen) atoms. The minimum absolute atomic E-state index is 0.112. The van der Waals surface area contributed by atoms with Gasteiger partial charge in [-0.1, -0.05) is 30.3 Å². The topological polar surface area (TPSA) is 69.7 Å². The molecule has 0 radical (unpaired) electrons. The highest BCUT2D eigenvalue weighted by atomic mass is 32.2. The van der Waals surface area contributed by atoms with Crippen LogP contribution in [0.5, 0.6) is 0 Å². The van der Waals surface area contributed by atoms with Crippen LogP contribution in [0, 0.1) is 0 Å². The number of hydrogen-bond donors (Lipinski definition) is 1. The number of pyridine rings is 1. The average Bonchev–Trinajstić information content (AvgIpc) is 3.00. The van der Waals surface area contributed by atoms with Gasteiger partial charge < -0.3 is 19.4 Å². The van der Waals surface area contributed by atoms with E-state index in [0.29, 0.717) is 18.7 Å². The standard InChI is InChI=1S/C28H31BN2O4S/c1-27(2)28(3,4)35-29(34-27)23-7-5-6-19(14-23)20-10-11-30-24(15-20)17-31-26(32)21-8-9-22-18-33-12-13-36-25(22)16-21/h5-11,14-16H,12-13,17-18H2,1-4H3,(H,31,32). The van der Waals surface area contributed by atoms with Crippen molar-refractivity contribution in [2.24, 2.45) is 0 Å². The molecule has 6 nitrogen and oxygen atoms in total. The van der Waals surface area contributed by atoms with Gasteiger partial charge in [-0.3, -0.25) is 9.78 Å². The van der Waals surface area contributed by atoms with E-state index in [-0.39, 0.29) is 17.1 Å². The highest BCUT2D eigenvalue weighted by Crippen LogP contribution is 2.36. The van der Waals surface area contributed by atoms with Crippen molar-refractivity contribution < 1.29 is 18.8 Å². The molecule has 1 amide bonds. The maximum Gasteiger partial charge on any atom is 0.494 e. The summed E-state index contributed by atoms with van der Waals surface area (Å²) in [5.74, 6) is 0.781. The maximum absolute atomic E-state index is 12.8. The minimum atomic E-state index is -0.416. The summed E-state index contributed by atoms with van der Waals surface area (Å²) in [4.78, 5) is 18.4. The lowest BCUT2D eigenvalue weighted by atomic mass is 9.78. The van der Waals surface area contributed by atoms with Crippen molar-refractivity contribution in [1.82, 2.24) is 10.3 Å². The van der Waals surface area contributed by atoms with Crippen LogP contribution in [0.15, 0.2) is 65.7 Å². The Bertz CT molecular complexity index is 1260. The van der Waals surface area contributed by atoms with Crippen molar-refractivity contribution >= 4 is 30.3 Å². The van der Waals surface area contributed by atoms with E-state index in [1.54, 1.807) is 18.0 Å². The summed E-state index contributed by atoms with van der Waals surface area (Å²) in [6, 6.07) is 18.0. The number of carbonyl (C=O) groups is 1. The Labute approximate surface area is 217 Å². The number of thioether (sulfide) groups is 1. The molecule has 1 aromatic heterocycles. The molecule has 2 aliphatic heterocycles. The molecule has 3 heterocycles. The molecule has 1 fully saturated rings. The zero-order valence-electron chi connectivity index (χ0n) is 21.2. The molecule has 0 spiro atoms. The lowest BCUT2D eigenvalue weighted by Crippen LogP contribution is -2.41. The van der Waals surface area contributed by atoms with Crippen molar-refractivity contribution in [3.8, 4) is 11.1 Å². The molecule has 1 N–H and O–H groups in total. The molecular formula is C28H31BN2O4S. The number of aromatic nitrogens is 1. The number of rotatable bonds is 5. The van der Waals surface area contributed by atoms with Crippen molar-refractivity contribution in [3.63, 3.8) is 0 Å². The lowest BCUT2D eigenvalue weighted by molar-refractivity contribution is 0.00578. The second-order valence-electron chi connectivity index (χ2n) is 10.2. The lowest BCUT2D eigenvalue weighted by Gasteiger charge is -2.32. The molecule has 0 bridgehead atoms. The molecule has 0 aliphatic carbocycles. The van der Waals surface area contributed by atoms with Crippen LogP contribution in [-0.4, -0.2) is 41.6 Å². The summed E-state index contributed by atoms with van der Waals surface area (Å²) in [5, 5.41) is 3.01. The first-order chi connectivity index (χ1) is 17.2. The third kappa shape index (κ3) is 5.23. The SMILES string of the molecule is CC1(C)OB(c2cccc(-c3ccnc(CNC(=O)c4ccc5c(c4)SCCOC5)c3)c2)OC1(C)C. The van der Waals surface area contributed by atoms with Crippen LogP contribution in [-0.2, 0) is 27.2 Å². The fraction of sp³-hybridized carbons (Fsp3) is 0.357. The van der Waals surface area contributed by atoms with Crippen molar-refractivity contribution in [2.45, 2.75) is 56.9 Å². The van der Waals surface area contributed by atoms with E-state index in [1.807, 2.05) is 42.5 Å². The van der Waals surface area contributed by atoms with E-state index in [1.165, 1.54) is 0 Å². The number of fused-ring (bicyclic) bond motifs is 1. The molecule has 1 saturated heterocycles. The highest BCUT2D eigenvalue weighted by molar-refractivity contribution is 7.99. The maximum atomic E-state index is 12.8. The van der Waals surface area contributed by atoms with Crippen molar-refractivity contribution in [2.75, 3.05) is 12.4 Å². The predicted octanol–water partition coefficient (Wildman–Crippen LogP) is 4.60. The van der Waals surface area contributed by atoms with Crippen molar-refractivity contribution in [3.05, 3.63) is 77.6 Å². The Morgan fingerprint density at radius 3 is 2.61 bits per heavy atom. The second-order valence-corrected chi connectivity index (χ2v) is 11.3. The molecule has 0 atom stereocenters. The number of benzene rings is 2. The highest BCUT2D eigenvalue weighted by Gasteiger charge is 2.51. The number of nitrogens with zero attached hydrogens (tertiary/aromatic N) is 1. The third-order valence-corrected chi connectivity index (χ3v) is 8.13. The van der Waals surface area contributed by atoms with Gasteiger partial charge in [0.25, 0.3) is 5.91 Å². The molecule has 8 heteroatoms. The summed E-state index contributed by atoms with van der Waals surface area (Å²) in [6.07, 6.45) is 1.78. The number of ether oxygens (including phenoxy) is 1. The van der Waals surface area contributed by atoms with Crippen LogP contribution in [0.3, 0.4) is 0 Å². The predicted molar refractivity (Wildman–Crippen MR) is 143 cm³/mol. The van der Waals surface area contributed by atoms with E-state index in [2.05, 4.69) is 50.1 Å². The van der Waals surface area contributed by atoms with E-state index < -0.39 is 7.12 Å².